The molecular weight excluding hydrogens is 854 g/mol. The first-order chi connectivity index (χ1) is 14.6. The Morgan fingerprint density at radius 1 is 0.441 bits per heavy atom. The lowest BCUT2D eigenvalue weighted by molar-refractivity contribution is 0.412. The lowest BCUT2D eigenvalue weighted by atomic mass is 9.96. The number of halogens is 19. The monoisotopic (exact) mass is 857 g/mol. The van der Waals surface area contributed by atoms with Gasteiger partial charge in [0.05, 0.1) is 0 Å². The van der Waals surface area contributed by atoms with E-state index < -0.39 is 38.5 Å². The summed E-state index contributed by atoms with van der Waals surface area (Å²) in [5.41, 5.74) is 0. The van der Waals surface area contributed by atoms with E-state index in [2.05, 4.69) is 0 Å². The number of hydrogen-bond donors (Lipinski definition) is 0. The summed E-state index contributed by atoms with van der Waals surface area (Å²) in [5.74, 6) is 0. The Labute approximate surface area is 294 Å². The molecule has 0 unspecified atom stereocenters. The maximum atomic E-state index is 6.44. The first-order valence-electron chi connectivity index (χ1n) is 8.49. The van der Waals surface area contributed by atoms with Crippen LogP contribution in [-0.4, -0.2) is 38.5 Å². The molecule has 0 aromatic carbocycles. The average Bonchev–Trinajstić information content (AvgIpc) is 2.61. The first kappa shape index (κ1) is 39.5. The summed E-state index contributed by atoms with van der Waals surface area (Å²) in [6, 6.07) is 0. The van der Waals surface area contributed by atoms with Gasteiger partial charge in [-0.1, -0.05) is 235 Å². The molecule has 0 fully saturated rings. The van der Waals surface area contributed by atoms with Crippen LogP contribution in [0.3, 0.4) is 0 Å². The highest BCUT2D eigenvalue weighted by atomic mass is 35.6. The second-order valence-electron chi connectivity index (χ2n) is 6.85. The Hall–Kier alpha value is 5.51. The molecule has 0 rings (SSSR count). The SMILES string of the molecule is CCCCC[CH]C(Cl)(Cl)C(Cl)(Cl)C(Cl)(Cl)C(Cl)(Cl)C(Cl)(Cl)C(Cl)(Cl)C(Cl)(C(Cl)(Cl)Cl)C(Cl)(Cl)Cl. The molecule has 1 radical (unpaired) electrons. The van der Waals surface area contributed by atoms with Gasteiger partial charge in [-0.15, -0.1) is 11.6 Å². The van der Waals surface area contributed by atoms with Crippen LogP contribution in [0.15, 0.2) is 0 Å². The van der Waals surface area contributed by atoms with Crippen LogP contribution in [0.5, 0.6) is 0 Å². The van der Waals surface area contributed by atoms with Crippen molar-refractivity contribution in [1.29, 1.82) is 0 Å². The highest BCUT2D eigenvalue weighted by molar-refractivity contribution is 6.83. The molecule has 0 aliphatic heterocycles. The second-order valence-corrected chi connectivity index (χ2v) is 20.0. The topological polar surface area (TPSA) is 0 Å². The second kappa shape index (κ2) is 13.0. The van der Waals surface area contributed by atoms with Gasteiger partial charge in [0.25, 0.3) is 0 Å². The zero-order valence-corrected chi connectivity index (χ0v) is 30.4. The van der Waals surface area contributed by atoms with Crippen molar-refractivity contribution in [1.82, 2.24) is 0 Å². The van der Waals surface area contributed by atoms with E-state index >= 15 is 0 Å². The van der Waals surface area contributed by atoms with Crippen molar-refractivity contribution in [2.45, 2.75) is 71.1 Å². The molecule has 0 heterocycles. The predicted octanol–water partition coefficient (Wildman–Crippen LogP) is 13.5. The summed E-state index contributed by atoms with van der Waals surface area (Å²) in [7, 11) is 0. The van der Waals surface area contributed by atoms with E-state index in [1.807, 2.05) is 6.92 Å². The van der Waals surface area contributed by atoms with Gasteiger partial charge >= 0.3 is 0 Å². The van der Waals surface area contributed by atoms with Gasteiger partial charge in [-0.3, -0.25) is 0 Å². The molecule has 0 aromatic rings. The third-order valence-electron chi connectivity index (χ3n) is 4.42. The van der Waals surface area contributed by atoms with Crippen molar-refractivity contribution >= 4 is 220 Å². The van der Waals surface area contributed by atoms with E-state index in [1.165, 1.54) is 6.42 Å². The maximum Gasteiger partial charge on any atom is 0.216 e. The molecule has 0 nitrogen and oxygen atoms in total. The number of rotatable bonds is 11. The zero-order valence-electron chi connectivity index (χ0n) is 16.1. The fraction of sp³-hybridized carbons (Fsp3) is 0.933. The van der Waals surface area contributed by atoms with Crippen molar-refractivity contribution in [3.05, 3.63) is 6.42 Å². The Balaban J connectivity index is 6.76. The Bertz CT molecular complexity index is 669. The van der Waals surface area contributed by atoms with Crippen molar-refractivity contribution in [2.24, 2.45) is 0 Å². The minimum atomic E-state index is -3.10. The van der Waals surface area contributed by atoms with E-state index in [4.69, 9.17) is 220 Å². The van der Waals surface area contributed by atoms with Crippen LogP contribution in [-0.2, 0) is 0 Å². The predicted molar refractivity (Wildman–Crippen MR) is 164 cm³/mol. The molecule has 0 aliphatic carbocycles. The fourth-order valence-corrected chi connectivity index (χ4v) is 9.57. The molecule has 0 saturated heterocycles. The standard InChI is InChI=1S/C15H12Cl19/c1-2-3-4-5-6-7(16,17)9(19,20)11(23,24)13(27,28)12(25,26)10(21,22)8(18,14(29,30)31)15(32,33)34/h6H,2-5H2,1H3. The minimum Gasteiger partial charge on any atom is -0.106 e. The van der Waals surface area contributed by atoms with Crippen LogP contribution in [0.25, 0.3) is 0 Å². The van der Waals surface area contributed by atoms with Gasteiger partial charge in [0.15, 0.2) is 30.9 Å². The van der Waals surface area contributed by atoms with E-state index in [0.717, 1.165) is 12.8 Å². The van der Waals surface area contributed by atoms with Crippen LogP contribution < -0.4 is 0 Å². The summed E-state index contributed by atoms with van der Waals surface area (Å²) in [6.45, 7) is 1.98. The van der Waals surface area contributed by atoms with E-state index in [9.17, 15) is 0 Å². The van der Waals surface area contributed by atoms with Crippen LogP contribution in [0, 0.1) is 6.42 Å². The quantitative estimate of drug-likeness (QED) is 0.143. The van der Waals surface area contributed by atoms with Gasteiger partial charge in [0, 0.05) is 6.42 Å². The molecule has 0 bridgehead atoms. The van der Waals surface area contributed by atoms with Gasteiger partial charge in [0.2, 0.25) is 7.59 Å². The Morgan fingerprint density at radius 3 is 1.09 bits per heavy atom. The molecule has 0 aromatic heterocycles. The van der Waals surface area contributed by atoms with Crippen LogP contribution in [0.1, 0.15) is 32.6 Å². The van der Waals surface area contributed by atoms with Crippen LogP contribution in [0.4, 0.5) is 0 Å². The van der Waals surface area contributed by atoms with Gasteiger partial charge in [0.1, 0.15) is 0 Å². The maximum absolute atomic E-state index is 6.44. The summed E-state index contributed by atoms with van der Waals surface area (Å²) in [4.78, 5) is -2.99. The Kier molecular flexibility index (Phi) is 15.1. The molecule has 19 heteroatoms. The summed E-state index contributed by atoms with van der Waals surface area (Å²) in [6.07, 6.45) is 4.09. The molecule has 0 amide bonds. The molecule has 0 atom stereocenters. The molecule has 205 valence electrons. The minimum absolute atomic E-state index is 0.344. The van der Waals surface area contributed by atoms with Gasteiger partial charge in [-0.05, 0) is 6.42 Å². The van der Waals surface area contributed by atoms with Crippen molar-refractivity contribution in [3.63, 3.8) is 0 Å². The van der Waals surface area contributed by atoms with Crippen molar-refractivity contribution in [3.8, 4) is 0 Å². The smallest absolute Gasteiger partial charge is 0.106 e. The lowest BCUT2D eigenvalue weighted by Crippen LogP contribution is -2.73. The van der Waals surface area contributed by atoms with E-state index in [1.54, 1.807) is 0 Å². The molecular formula is C15H12Cl19. The number of hydrogen-bond acceptors (Lipinski definition) is 0. The summed E-state index contributed by atoms with van der Waals surface area (Å²) in [5, 5.41) is 0. The van der Waals surface area contributed by atoms with Gasteiger partial charge in [-0.25, -0.2) is 0 Å². The molecule has 0 spiro atoms. The van der Waals surface area contributed by atoms with Crippen molar-refractivity contribution in [2.75, 3.05) is 0 Å². The largest absolute Gasteiger partial charge is 0.216 e. The number of alkyl halides is 19. The van der Waals surface area contributed by atoms with Gasteiger partial charge < -0.3 is 0 Å². The highest BCUT2D eigenvalue weighted by Crippen LogP contribution is 2.74. The third-order valence-corrected chi connectivity index (χ3v) is 16.3. The lowest BCUT2D eigenvalue weighted by Gasteiger charge is -2.56. The van der Waals surface area contributed by atoms with E-state index in [-0.39, 0.29) is 0 Å². The summed E-state index contributed by atoms with van der Waals surface area (Å²) < 4.78 is -22.6. The average molecular weight is 866 g/mol. The van der Waals surface area contributed by atoms with E-state index in [0.29, 0.717) is 12.8 Å². The Morgan fingerprint density at radius 2 is 0.765 bits per heavy atom. The normalized spacial score (nSPS) is 16.2. The molecule has 34 heavy (non-hydrogen) atoms. The number of unbranched alkanes of at least 4 members (excludes halogenated alkanes) is 3. The third kappa shape index (κ3) is 7.00. The van der Waals surface area contributed by atoms with Gasteiger partial charge in [-0.2, -0.15) is 0 Å². The first-order valence-corrected chi connectivity index (χ1v) is 15.7. The fourth-order valence-electron chi connectivity index (χ4n) is 2.34. The van der Waals surface area contributed by atoms with Crippen molar-refractivity contribution < 1.29 is 0 Å². The summed E-state index contributed by atoms with van der Waals surface area (Å²) >= 11 is 119. The highest BCUT2D eigenvalue weighted by Gasteiger charge is 2.83. The molecule has 0 N–H and O–H groups in total. The van der Waals surface area contributed by atoms with Crippen LogP contribution >= 0.6 is 220 Å². The van der Waals surface area contributed by atoms with Crippen LogP contribution in [0.2, 0.25) is 0 Å². The zero-order chi connectivity index (χ0) is 28.0. The molecule has 0 saturated carbocycles. The molecule has 0 aliphatic rings.